The lowest BCUT2D eigenvalue weighted by Crippen LogP contribution is -2.19. The van der Waals surface area contributed by atoms with Gasteiger partial charge in [0, 0.05) is 0 Å². The molecule has 4 nitrogen and oxygen atoms in total. The maximum atomic E-state index is 13.5. The van der Waals surface area contributed by atoms with Crippen molar-refractivity contribution in [2.75, 3.05) is 10.6 Å². The van der Waals surface area contributed by atoms with Crippen LogP contribution in [-0.2, 0) is 0 Å². The highest BCUT2D eigenvalue weighted by Gasteiger charge is 2.11. The van der Waals surface area contributed by atoms with Crippen molar-refractivity contribution in [2.24, 2.45) is 0 Å². The Morgan fingerprint density at radius 1 is 1.14 bits per heavy atom. The van der Waals surface area contributed by atoms with Crippen LogP contribution in [0, 0.1) is 19.7 Å². The molecule has 0 atom stereocenters. The summed E-state index contributed by atoms with van der Waals surface area (Å²) in [5, 5.41) is 5.60. The first-order valence-corrected chi connectivity index (χ1v) is 7.55. The molecule has 112 valence electrons. The molecule has 2 aromatic carbocycles. The zero-order valence-electron chi connectivity index (χ0n) is 12.1. The Bertz CT molecular complexity index is 860. The van der Waals surface area contributed by atoms with Crippen LogP contribution in [-0.4, -0.2) is 11.0 Å². The molecule has 0 radical (unpaired) electrons. The number of carbonyl (C=O) groups excluding carboxylic acids is 1. The molecule has 3 rings (SSSR count). The summed E-state index contributed by atoms with van der Waals surface area (Å²) in [6.07, 6.45) is 0. The number of urea groups is 1. The summed E-state index contributed by atoms with van der Waals surface area (Å²) >= 11 is 1.39. The van der Waals surface area contributed by atoms with Crippen molar-refractivity contribution in [1.29, 1.82) is 0 Å². The van der Waals surface area contributed by atoms with E-state index in [9.17, 15) is 9.18 Å². The third-order valence-corrected chi connectivity index (χ3v) is 4.36. The van der Waals surface area contributed by atoms with Crippen LogP contribution in [0.4, 0.5) is 20.0 Å². The maximum Gasteiger partial charge on any atom is 0.325 e. The molecule has 0 saturated heterocycles. The van der Waals surface area contributed by atoms with Gasteiger partial charge in [-0.2, -0.15) is 0 Å². The Morgan fingerprint density at radius 2 is 1.91 bits per heavy atom. The predicted octanol–water partition coefficient (Wildman–Crippen LogP) is 4.70. The molecule has 0 unspecified atom stereocenters. The zero-order valence-corrected chi connectivity index (χ0v) is 12.9. The number of rotatable bonds is 2. The molecule has 0 aliphatic heterocycles. The van der Waals surface area contributed by atoms with Gasteiger partial charge in [-0.3, -0.25) is 5.32 Å². The van der Waals surface area contributed by atoms with Crippen molar-refractivity contribution in [3.05, 3.63) is 53.3 Å². The highest BCUT2D eigenvalue weighted by Crippen LogP contribution is 2.29. The second-order valence-electron chi connectivity index (χ2n) is 4.93. The minimum absolute atomic E-state index is 0.133. The van der Waals surface area contributed by atoms with Gasteiger partial charge in [-0.05, 0) is 43.2 Å². The van der Waals surface area contributed by atoms with Gasteiger partial charge in [0.15, 0.2) is 5.13 Å². The number of hydrogen-bond acceptors (Lipinski definition) is 3. The molecule has 1 aromatic heterocycles. The molecule has 0 spiro atoms. The van der Waals surface area contributed by atoms with Crippen LogP contribution in [0.1, 0.15) is 11.1 Å². The van der Waals surface area contributed by atoms with E-state index in [1.54, 1.807) is 12.1 Å². The minimum Gasteiger partial charge on any atom is -0.305 e. The number of halogens is 1. The van der Waals surface area contributed by atoms with E-state index >= 15 is 0 Å². The highest BCUT2D eigenvalue weighted by atomic mass is 32.1. The quantitative estimate of drug-likeness (QED) is 0.720. The smallest absolute Gasteiger partial charge is 0.305 e. The van der Waals surface area contributed by atoms with Crippen LogP contribution >= 0.6 is 11.3 Å². The van der Waals surface area contributed by atoms with E-state index in [1.165, 1.54) is 23.5 Å². The van der Waals surface area contributed by atoms with E-state index in [4.69, 9.17) is 0 Å². The standard InChI is InChI=1S/C16H14FN3OS/c1-9-7-8-13-14(10(9)2)19-16(22-13)20-15(21)18-12-6-4-3-5-11(12)17/h3-8H,1-2H3,(H2,18,19,20,21). The number of nitrogens with zero attached hydrogens (tertiary/aromatic N) is 1. The third-order valence-electron chi connectivity index (χ3n) is 3.43. The number of nitrogens with one attached hydrogen (secondary N) is 2. The SMILES string of the molecule is Cc1ccc2sc(NC(=O)Nc3ccccc3F)nc2c1C. The van der Waals surface area contributed by atoms with Crippen LogP contribution in [0.25, 0.3) is 10.2 Å². The number of amides is 2. The van der Waals surface area contributed by atoms with Crippen molar-refractivity contribution in [3.63, 3.8) is 0 Å². The number of benzene rings is 2. The average Bonchev–Trinajstić information content (AvgIpc) is 2.89. The largest absolute Gasteiger partial charge is 0.325 e. The van der Waals surface area contributed by atoms with Crippen molar-refractivity contribution >= 4 is 38.4 Å². The number of fused-ring (bicyclic) bond motifs is 1. The van der Waals surface area contributed by atoms with Gasteiger partial charge in [-0.15, -0.1) is 0 Å². The summed E-state index contributed by atoms with van der Waals surface area (Å²) in [5.74, 6) is -0.478. The van der Waals surface area contributed by atoms with Crippen LogP contribution in [0.3, 0.4) is 0 Å². The van der Waals surface area contributed by atoms with E-state index < -0.39 is 11.8 Å². The summed E-state index contributed by atoms with van der Waals surface area (Å²) in [5.41, 5.74) is 3.26. The average molecular weight is 315 g/mol. The van der Waals surface area contributed by atoms with Crippen LogP contribution < -0.4 is 10.6 Å². The van der Waals surface area contributed by atoms with E-state index in [0.717, 1.165) is 21.3 Å². The molecule has 6 heteroatoms. The zero-order chi connectivity index (χ0) is 15.7. The van der Waals surface area contributed by atoms with Crippen LogP contribution in [0.15, 0.2) is 36.4 Å². The first kappa shape index (κ1) is 14.5. The molecular weight excluding hydrogens is 301 g/mol. The molecule has 0 aliphatic carbocycles. The van der Waals surface area contributed by atoms with Gasteiger partial charge in [-0.1, -0.05) is 29.5 Å². The van der Waals surface area contributed by atoms with Crippen LogP contribution in [0.2, 0.25) is 0 Å². The molecule has 0 aliphatic rings. The summed E-state index contributed by atoms with van der Waals surface area (Å²) in [4.78, 5) is 16.4. The van der Waals surface area contributed by atoms with E-state index in [-0.39, 0.29) is 5.69 Å². The third kappa shape index (κ3) is 2.78. The van der Waals surface area contributed by atoms with Crippen molar-refractivity contribution < 1.29 is 9.18 Å². The molecule has 2 amide bonds. The number of para-hydroxylation sites is 1. The molecule has 22 heavy (non-hydrogen) atoms. The fraction of sp³-hybridized carbons (Fsp3) is 0.125. The Balaban J connectivity index is 1.80. The fourth-order valence-electron chi connectivity index (χ4n) is 2.09. The summed E-state index contributed by atoms with van der Waals surface area (Å²) in [6, 6.07) is 9.51. The van der Waals surface area contributed by atoms with Gasteiger partial charge in [0.05, 0.1) is 15.9 Å². The van der Waals surface area contributed by atoms with E-state index in [1.807, 2.05) is 26.0 Å². The second-order valence-corrected chi connectivity index (χ2v) is 5.96. The predicted molar refractivity (Wildman–Crippen MR) is 88.1 cm³/mol. The van der Waals surface area contributed by atoms with Gasteiger partial charge >= 0.3 is 6.03 Å². The molecule has 0 bridgehead atoms. The molecule has 0 saturated carbocycles. The van der Waals surface area contributed by atoms with Gasteiger partial charge in [0.1, 0.15) is 5.82 Å². The number of hydrogen-bond donors (Lipinski definition) is 2. The normalized spacial score (nSPS) is 10.7. The summed E-state index contributed by atoms with van der Waals surface area (Å²) in [6.45, 7) is 4.02. The van der Waals surface area contributed by atoms with Crippen LogP contribution in [0.5, 0.6) is 0 Å². The lowest BCUT2D eigenvalue weighted by atomic mass is 10.1. The van der Waals surface area contributed by atoms with E-state index in [2.05, 4.69) is 15.6 Å². The number of aryl methyl sites for hydroxylation is 2. The Kier molecular flexibility index (Phi) is 3.77. The summed E-state index contributed by atoms with van der Waals surface area (Å²) < 4.78 is 14.5. The highest BCUT2D eigenvalue weighted by molar-refractivity contribution is 7.22. The van der Waals surface area contributed by atoms with Crippen molar-refractivity contribution in [2.45, 2.75) is 13.8 Å². The van der Waals surface area contributed by atoms with E-state index in [0.29, 0.717) is 5.13 Å². The molecule has 3 aromatic rings. The minimum atomic E-state index is -0.515. The Morgan fingerprint density at radius 3 is 2.68 bits per heavy atom. The molecule has 1 heterocycles. The lowest BCUT2D eigenvalue weighted by Gasteiger charge is -2.05. The Labute approximate surface area is 131 Å². The molecular formula is C16H14FN3OS. The monoisotopic (exact) mass is 315 g/mol. The number of aromatic nitrogens is 1. The van der Waals surface area contributed by atoms with Gasteiger partial charge in [0.25, 0.3) is 0 Å². The van der Waals surface area contributed by atoms with Crippen molar-refractivity contribution in [3.8, 4) is 0 Å². The molecule has 0 fully saturated rings. The molecule has 2 N–H and O–H groups in total. The summed E-state index contributed by atoms with van der Waals surface area (Å²) in [7, 11) is 0. The number of thiazole rings is 1. The van der Waals surface area contributed by atoms with Gasteiger partial charge in [-0.25, -0.2) is 14.2 Å². The lowest BCUT2D eigenvalue weighted by molar-refractivity contribution is 0.262. The Hall–Kier alpha value is -2.47. The first-order valence-electron chi connectivity index (χ1n) is 6.74. The second kappa shape index (κ2) is 5.73. The number of anilines is 2. The van der Waals surface area contributed by atoms with Gasteiger partial charge < -0.3 is 5.32 Å². The fourth-order valence-corrected chi connectivity index (χ4v) is 3.01. The maximum absolute atomic E-state index is 13.5. The topological polar surface area (TPSA) is 54.0 Å². The van der Waals surface area contributed by atoms with Crippen molar-refractivity contribution in [1.82, 2.24) is 4.98 Å². The first-order chi connectivity index (χ1) is 10.5. The van der Waals surface area contributed by atoms with Gasteiger partial charge in [0.2, 0.25) is 0 Å². The number of carbonyl (C=O) groups is 1.